The van der Waals surface area contributed by atoms with E-state index in [4.69, 9.17) is 4.74 Å². The van der Waals surface area contributed by atoms with E-state index in [2.05, 4.69) is 9.88 Å². The number of β-amino-alcohol motifs (C(OH)–C–C–N with tert-alkyl or cyclic N) is 1. The number of ether oxygens (including phenoxy) is 1. The van der Waals surface area contributed by atoms with Crippen molar-refractivity contribution in [1.29, 1.82) is 0 Å². The zero-order chi connectivity index (χ0) is 15.7. The molecule has 0 amide bonds. The Morgan fingerprint density at radius 2 is 2.14 bits per heavy atom. The Labute approximate surface area is 133 Å². The largest absolute Gasteiger partial charge is 0.390 e. The summed E-state index contributed by atoms with van der Waals surface area (Å²) in [6, 6.07) is 1.78. The lowest BCUT2D eigenvalue weighted by Crippen LogP contribution is -2.48. The Balaban J connectivity index is 1.66. The maximum absolute atomic E-state index is 12.3. The van der Waals surface area contributed by atoms with Gasteiger partial charge in [-0.3, -0.25) is 14.3 Å². The molecule has 1 aliphatic heterocycles. The molecule has 1 saturated heterocycles. The lowest BCUT2D eigenvalue weighted by molar-refractivity contribution is -0.0773. The smallest absolute Gasteiger partial charge is 0.262 e. The van der Waals surface area contributed by atoms with Gasteiger partial charge in [-0.15, -0.1) is 11.3 Å². The standard InChI is InChI=1S/C15H21N3O3S/c1-10-5-17(6-11(2)21-10)7-12(19)8-18-9-16-14-13(15(18)20)3-4-22-14/h3-4,9-12,19H,5-8H2,1-2H3/t10-,11-,12+/m1/s1. The van der Waals surface area contributed by atoms with Crippen molar-refractivity contribution in [3.63, 3.8) is 0 Å². The fourth-order valence-corrected chi connectivity index (χ4v) is 3.76. The monoisotopic (exact) mass is 323 g/mol. The third kappa shape index (κ3) is 3.38. The molecule has 0 saturated carbocycles. The normalized spacial score (nSPS) is 24.7. The third-order valence-corrected chi connectivity index (χ3v) is 4.64. The first kappa shape index (κ1) is 15.6. The fourth-order valence-electron chi connectivity index (χ4n) is 3.04. The maximum Gasteiger partial charge on any atom is 0.262 e. The van der Waals surface area contributed by atoms with Gasteiger partial charge < -0.3 is 9.84 Å². The molecule has 0 spiro atoms. The van der Waals surface area contributed by atoms with Gasteiger partial charge in [0.1, 0.15) is 4.83 Å². The van der Waals surface area contributed by atoms with E-state index in [-0.39, 0.29) is 24.3 Å². The van der Waals surface area contributed by atoms with Crippen LogP contribution in [-0.2, 0) is 11.3 Å². The van der Waals surface area contributed by atoms with Gasteiger partial charge in [0.25, 0.3) is 5.56 Å². The topological polar surface area (TPSA) is 67.6 Å². The molecule has 22 heavy (non-hydrogen) atoms. The van der Waals surface area contributed by atoms with E-state index in [1.54, 1.807) is 6.07 Å². The van der Waals surface area contributed by atoms with Crippen molar-refractivity contribution in [1.82, 2.24) is 14.5 Å². The molecule has 120 valence electrons. The van der Waals surface area contributed by atoms with E-state index >= 15 is 0 Å². The number of aliphatic hydroxyl groups is 1. The van der Waals surface area contributed by atoms with E-state index in [9.17, 15) is 9.90 Å². The highest BCUT2D eigenvalue weighted by Gasteiger charge is 2.24. The van der Waals surface area contributed by atoms with Gasteiger partial charge in [-0.1, -0.05) is 0 Å². The highest BCUT2D eigenvalue weighted by molar-refractivity contribution is 7.16. The summed E-state index contributed by atoms with van der Waals surface area (Å²) in [6.45, 7) is 6.47. The van der Waals surface area contributed by atoms with Crippen LogP contribution in [0.2, 0.25) is 0 Å². The SMILES string of the molecule is C[C@@H]1CN(C[C@H](O)Cn2cnc3sccc3c2=O)C[C@@H](C)O1. The summed E-state index contributed by atoms with van der Waals surface area (Å²) in [7, 11) is 0. The molecule has 6 nitrogen and oxygen atoms in total. The van der Waals surface area contributed by atoms with E-state index in [1.807, 2.05) is 19.2 Å². The molecule has 1 aliphatic rings. The van der Waals surface area contributed by atoms with Crippen LogP contribution in [0.15, 0.2) is 22.6 Å². The Morgan fingerprint density at radius 1 is 1.41 bits per heavy atom. The molecule has 0 bridgehead atoms. The van der Waals surface area contributed by atoms with E-state index in [0.29, 0.717) is 11.9 Å². The number of aromatic nitrogens is 2. The van der Waals surface area contributed by atoms with Crippen molar-refractivity contribution in [3.8, 4) is 0 Å². The van der Waals surface area contributed by atoms with Gasteiger partial charge in [-0.05, 0) is 25.3 Å². The quantitative estimate of drug-likeness (QED) is 0.906. The zero-order valence-electron chi connectivity index (χ0n) is 12.8. The number of thiophene rings is 1. The average Bonchev–Trinajstić information content (AvgIpc) is 2.90. The van der Waals surface area contributed by atoms with Gasteiger partial charge in [-0.2, -0.15) is 0 Å². The lowest BCUT2D eigenvalue weighted by atomic mass is 10.2. The predicted octanol–water partition coefficient (Wildman–Crippen LogP) is 0.928. The van der Waals surface area contributed by atoms with Gasteiger partial charge in [-0.25, -0.2) is 4.98 Å². The number of hydrogen-bond donors (Lipinski definition) is 1. The molecule has 0 aliphatic carbocycles. The van der Waals surface area contributed by atoms with Crippen molar-refractivity contribution in [3.05, 3.63) is 28.1 Å². The molecule has 3 rings (SSSR count). The molecule has 0 aromatic carbocycles. The van der Waals surface area contributed by atoms with E-state index in [0.717, 1.165) is 17.9 Å². The summed E-state index contributed by atoms with van der Waals surface area (Å²) in [6.07, 6.45) is 1.26. The van der Waals surface area contributed by atoms with Crippen molar-refractivity contribution in [2.24, 2.45) is 0 Å². The minimum Gasteiger partial charge on any atom is -0.390 e. The molecule has 3 atom stereocenters. The third-order valence-electron chi connectivity index (χ3n) is 3.82. The van der Waals surface area contributed by atoms with Gasteiger partial charge in [0.2, 0.25) is 0 Å². The Morgan fingerprint density at radius 3 is 2.86 bits per heavy atom. The molecule has 1 N–H and O–H groups in total. The Kier molecular flexibility index (Phi) is 4.58. The fraction of sp³-hybridized carbons (Fsp3) is 0.600. The summed E-state index contributed by atoms with van der Waals surface area (Å²) in [5.74, 6) is 0. The summed E-state index contributed by atoms with van der Waals surface area (Å²) in [5, 5.41) is 12.8. The highest BCUT2D eigenvalue weighted by atomic mass is 32.1. The first-order valence-corrected chi connectivity index (χ1v) is 8.39. The number of hydrogen-bond acceptors (Lipinski definition) is 6. The summed E-state index contributed by atoms with van der Waals surface area (Å²) >= 11 is 1.45. The highest BCUT2D eigenvalue weighted by Crippen LogP contribution is 2.14. The molecule has 0 unspecified atom stereocenters. The molecular formula is C15H21N3O3S. The minimum absolute atomic E-state index is 0.0889. The van der Waals surface area contributed by atoms with Crippen LogP contribution in [0.3, 0.4) is 0 Å². The average molecular weight is 323 g/mol. The van der Waals surface area contributed by atoms with Crippen LogP contribution in [-0.4, -0.2) is 57.5 Å². The van der Waals surface area contributed by atoms with Crippen LogP contribution < -0.4 is 5.56 Å². The van der Waals surface area contributed by atoms with Crippen LogP contribution in [0.4, 0.5) is 0 Å². The van der Waals surface area contributed by atoms with Crippen LogP contribution in [0, 0.1) is 0 Å². The van der Waals surface area contributed by atoms with Crippen LogP contribution >= 0.6 is 11.3 Å². The van der Waals surface area contributed by atoms with E-state index < -0.39 is 6.10 Å². The second-order valence-corrected chi connectivity index (χ2v) is 6.87. The maximum atomic E-state index is 12.3. The number of morpholine rings is 1. The number of fused-ring (bicyclic) bond motifs is 1. The molecule has 3 heterocycles. The van der Waals surface area contributed by atoms with Crippen LogP contribution in [0.1, 0.15) is 13.8 Å². The first-order valence-electron chi connectivity index (χ1n) is 7.51. The molecule has 2 aromatic rings. The number of nitrogens with zero attached hydrogens (tertiary/aromatic N) is 3. The molecule has 0 radical (unpaired) electrons. The first-order chi connectivity index (χ1) is 10.5. The van der Waals surface area contributed by atoms with Crippen molar-refractivity contribution in [2.75, 3.05) is 19.6 Å². The summed E-state index contributed by atoms with van der Waals surface area (Å²) in [5.41, 5.74) is -0.0889. The predicted molar refractivity (Wildman–Crippen MR) is 86.3 cm³/mol. The summed E-state index contributed by atoms with van der Waals surface area (Å²) in [4.78, 5) is 19.5. The van der Waals surface area contributed by atoms with Gasteiger partial charge in [0.15, 0.2) is 0 Å². The zero-order valence-corrected chi connectivity index (χ0v) is 13.6. The number of rotatable bonds is 4. The van der Waals surface area contributed by atoms with Crippen molar-refractivity contribution < 1.29 is 9.84 Å². The lowest BCUT2D eigenvalue weighted by Gasteiger charge is -2.36. The molecule has 1 fully saturated rings. The Hall–Kier alpha value is -1.28. The second-order valence-electron chi connectivity index (χ2n) is 5.97. The van der Waals surface area contributed by atoms with E-state index in [1.165, 1.54) is 22.2 Å². The second kappa shape index (κ2) is 6.45. The molecular weight excluding hydrogens is 302 g/mol. The summed E-state index contributed by atoms with van der Waals surface area (Å²) < 4.78 is 7.18. The number of aliphatic hydroxyl groups excluding tert-OH is 1. The molecule has 2 aromatic heterocycles. The Bertz CT molecular complexity index is 689. The van der Waals surface area contributed by atoms with Crippen LogP contribution in [0.5, 0.6) is 0 Å². The van der Waals surface area contributed by atoms with Crippen molar-refractivity contribution >= 4 is 21.6 Å². The molecule has 7 heteroatoms. The van der Waals surface area contributed by atoms with Crippen LogP contribution in [0.25, 0.3) is 10.2 Å². The van der Waals surface area contributed by atoms with Crippen molar-refractivity contribution in [2.45, 2.75) is 38.7 Å². The van der Waals surface area contributed by atoms with Gasteiger partial charge in [0.05, 0.1) is 36.6 Å². The van der Waals surface area contributed by atoms with Gasteiger partial charge >= 0.3 is 0 Å². The minimum atomic E-state index is -0.604. The van der Waals surface area contributed by atoms with Gasteiger partial charge in [0, 0.05) is 19.6 Å².